The lowest BCUT2D eigenvalue weighted by molar-refractivity contribution is 0.318. The summed E-state index contributed by atoms with van der Waals surface area (Å²) >= 11 is 1.84. The number of fused-ring (bicyclic) bond motifs is 3. The summed E-state index contributed by atoms with van der Waals surface area (Å²) in [6.07, 6.45) is 1.11. The van der Waals surface area contributed by atoms with Crippen molar-refractivity contribution in [3.05, 3.63) is 52.0 Å². The molecule has 0 spiro atoms. The van der Waals surface area contributed by atoms with E-state index in [2.05, 4.69) is 49.2 Å². The Bertz CT molecular complexity index is 867. The number of thiophene rings is 1. The summed E-state index contributed by atoms with van der Waals surface area (Å²) in [6, 6.07) is 10.7. The Labute approximate surface area is 140 Å². The Hall–Kier alpha value is -1.75. The van der Waals surface area contributed by atoms with Gasteiger partial charge in [-0.3, -0.25) is 0 Å². The van der Waals surface area contributed by atoms with Crippen molar-refractivity contribution in [2.45, 2.75) is 26.4 Å². The van der Waals surface area contributed by atoms with Gasteiger partial charge < -0.3 is 10.6 Å². The molecule has 0 bridgehead atoms. The van der Waals surface area contributed by atoms with Gasteiger partial charge in [0.25, 0.3) is 0 Å². The van der Waals surface area contributed by atoms with Gasteiger partial charge in [0.1, 0.15) is 4.83 Å². The highest BCUT2D eigenvalue weighted by Crippen LogP contribution is 2.41. The van der Waals surface area contributed by atoms with E-state index in [4.69, 9.17) is 10.7 Å². The monoisotopic (exact) mass is 323 g/mol. The van der Waals surface area contributed by atoms with Crippen LogP contribution in [0.3, 0.4) is 0 Å². The molecule has 3 heterocycles. The van der Waals surface area contributed by atoms with Crippen LogP contribution in [0.15, 0.2) is 30.3 Å². The van der Waals surface area contributed by atoms with E-state index in [0.29, 0.717) is 6.54 Å². The van der Waals surface area contributed by atoms with Crippen molar-refractivity contribution in [3.63, 3.8) is 0 Å². The van der Waals surface area contributed by atoms with E-state index in [-0.39, 0.29) is 0 Å². The van der Waals surface area contributed by atoms with Gasteiger partial charge in [0, 0.05) is 29.9 Å². The molecule has 4 heteroatoms. The van der Waals surface area contributed by atoms with Crippen LogP contribution in [0.25, 0.3) is 21.3 Å². The summed E-state index contributed by atoms with van der Waals surface area (Å²) in [7, 11) is 2.19. The molecule has 1 aromatic carbocycles. The minimum atomic E-state index is 0.490. The Morgan fingerprint density at radius 2 is 2.04 bits per heavy atom. The third-order valence-corrected chi connectivity index (χ3v) is 5.89. The van der Waals surface area contributed by atoms with E-state index in [1.54, 1.807) is 0 Å². The van der Waals surface area contributed by atoms with Gasteiger partial charge in [-0.15, -0.1) is 11.3 Å². The van der Waals surface area contributed by atoms with Crippen molar-refractivity contribution >= 4 is 21.6 Å². The zero-order valence-electron chi connectivity index (χ0n) is 13.6. The molecule has 0 amide bonds. The van der Waals surface area contributed by atoms with E-state index >= 15 is 0 Å². The van der Waals surface area contributed by atoms with Crippen molar-refractivity contribution in [1.82, 2.24) is 9.88 Å². The highest BCUT2D eigenvalue weighted by Gasteiger charge is 2.24. The molecule has 4 rings (SSSR count). The summed E-state index contributed by atoms with van der Waals surface area (Å²) in [5.74, 6) is 0. The van der Waals surface area contributed by atoms with E-state index < -0.39 is 0 Å². The topological polar surface area (TPSA) is 42.1 Å². The molecule has 2 N–H and O–H groups in total. The summed E-state index contributed by atoms with van der Waals surface area (Å²) in [5, 5.41) is 1.36. The number of nitrogens with two attached hydrogens (primary N) is 1. The van der Waals surface area contributed by atoms with Crippen molar-refractivity contribution < 1.29 is 0 Å². The molecule has 0 unspecified atom stereocenters. The molecule has 118 valence electrons. The summed E-state index contributed by atoms with van der Waals surface area (Å²) < 4.78 is 0. The van der Waals surface area contributed by atoms with Gasteiger partial charge in [-0.25, -0.2) is 4.98 Å². The largest absolute Gasteiger partial charge is 0.325 e. The maximum Gasteiger partial charge on any atom is 0.124 e. The first kappa shape index (κ1) is 14.8. The smallest absolute Gasteiger partial charge is 0.124 e. The fourth-order valence-electron chi connectivity index (χ4n) is 3.56. The maximum atomic E-state index is 5.97. The third-order valence-electron chi connectivity index (χ3n) is 4.78. The van der Waals surface area contributed by atoms with Gasteiger partial charge in [-0.2, -0.15) is 0 Å². The molecule has 0 fully saturated rings. The van der Waals surface area contributed by atoms with Gasteiger partial charge in [-0.1, -0.05) is 30.3 Å². The predicted octanol–water partition coefficient (Wildman–Crippen LogP) is 3.72. The molecule has 0 saturated carbocycles. The molecule has 3 nitrogen and oxygen atoms in total. The lowest BCUT2D eigenvalue weighted by Crippen LogP contribution is -2.25. The highest BCUT2D eigenvalue weighted by atomic mass is 32.1. The second-order valence-electron chi connectivity index (χ2n) is 6.30. The van der Waals surface area contributed by atoms with Gasteiger partial charge in [0.05, 0.1) is 5.69 Å². The van der Waals surface area contributed by atoms with Crippen molar-refractivity contribution in [3.8, 4) is 11.1 Å². The minimum Gasteiger partial charge on any atom is -0.325 e. The normalized spacial score (nSPS) is 15.1. The van der Waals surface area contributed by atoms with E-state index in [1.165, 1.54) is 32.5 Å². The number of rotatable bonds is 2. The molecular formula is C19H21N3S. The van der Waals surface area contributed by atoms with Crippen LogP contribution in [0.2, 0.25) is 0 Å². The van der Waals surface area contributed by atoms with Gasteiger partial charge in [0.2, 0.25) is 0 Å². The van der Waals surface area contributed by atoms with Gasteiger partial charge in [-0.05, 0) is 42.6 Å². The predicted molar refractivity (Wildman–Crippen MR) is 97.7 cm³/mol. The molecule has 2 aromatic heterocycles. The number of benzene rings is 1. The molecule has 0 saturated heterocycles. The first-order chi connectivity index (χ1) is 11.2. The van der Waals surface area contributed by atoms with Crippen molar-refractivity contribution in [1.29, 1.82) is 0 Å². The number of hydrogen-bond acceptors (Lipinski definition) is 4. The van der Waals surface area contributed by atoms with E-state index in [0.717, 1.165) is 30.0 Å². The van der Waals surface area contributed by atoms with E-state index in [1.807, 2.05) is 11.3 Å². The number of nitrogens with zero attached hydrogens (tertiary/aromatic N) is 2. The summed E-state index contributed by atoms with van der Waals surface area (Å²) in [4.78, 5) is 9.88. The minimum absolute atomic E-state index is 0.490. The standard InChI is InChI=1S/C19H21N3S/c1-12-15(10-20)21-19-18(17(12)13-6-4-3-5-7-13)14-8-9-22(2)11-16(14)23-19/h3-7H,8-11,20H2,1-2H3. The zero-order chi connectivity index (χ0) is 16.0. The van der Waals surface area contributed by atoms with Crippen LogP contribution in [0.1, 0.15) is 21.7 Å². The average molecular weight is 323 g/mol. The van der Waals surface area contributed by atoms with E-state index in [9.17, 15) is 0 Å². The third kappa shape index (κ3) is 2.38. The number of hydrogen-bond donors (Lipinski definition) is 1. The molecule has 0 atom stereocenters. The lowest BCUT2D eigenvalue weighted by Gasteiger charge is -2.22. The number of likely N-dealkylation sites (N-methyl/N-ethyl adjacent to an activating group) is 1. The second kappa shape index (κ2) is 5.71. The second-order valence-corrected chi connectivity index (χ2v) is 7.38. The summed E-state index contributed by atoms with van der Waals surface area (Å²) in [5.41, 5.74) is 12.3. The molecule has 23 heavy (non-hydrogen) atoms. The lowest BCUT2D eigenvalue weighted by atomic mass is 9.92. The molecular weight excluding hydrogens is 302 g/mol. The first-order valence-electron chi connectivity index (χ1n) is 8.06. The highest BCUT2D eigenvalue weighted by molar-refractivity contribution is 7.19. The van der Waals surface area contributed by atoms with Crippen LogP contribution in [-0.4, -0.2) is 23.5 Å². The zero-order valence-corrected chi connectivity index (χ0v) is 14.4. The van der Waals surface area contributed by atoms with Crippen molar-refractivity contribution in [2.24, 2.45) is 5.73 Å². The molecule has 0 aliphatic carbocycles. The molecule has 1 aliphatic rings. The quantitative estimate of drug-likeness (QED) is 0.781. The Morgan fingerprint density at radius 3 is 2.78 bits per heavy atom. The van der Waals surface area contributed by atoms with Gasteiger partial charge in [0.15, 0.2) is 0 Å². The maximum absolute atomic E-state index is 5.97. The fourth-order valence-corrected chi connectivity index (χ4v) is 4.88. The van der Waals surface area contributed by atoms with Crippen LogP contribution in [0.5, 0.6) is 0 Å². The van der Waals surface area contributed by atoms with Crippen LogP contribution >= 0.6 is 11.3 Å². The van der Waals surface area contributed by atoms with Crippen LogP contribution in [-0.2, 0) is 19.5 Å². The van der Waals surface area contributed by atoms with Gasteiger partial charge >= 0.3 is 0 Å². The van der Waals surface area contributed by atoms with Crippen LogP contribution in [0.4, 0.5) is 0 Å². The van der Waals surface area contributed by atoms with Crippen molar-refractivity contribution in [2.75, 3.05) is 13.6 Å². The Balaban J connectivity index is 2.07. The molecule has 1 aliphatic heterocycles. The number of aromatic nitrogens is 1. The van der Waals surface area contributed by atoms with Crippen LogP contribution < -0.4 is 5.73 Å². The fraction of sp³-hybridized carbons (Fsp3) is 0.316. The average Bonchev–Trinajstić information content (AvgIpc) is 2.92. The number of pyridine rings is 1. The Morgan fingerprint density at radius 1 is 1.26 bits per heavy atom. The summed E-state index contributed by atoms with van der Waals surface area (Å²) in [6.45, 7) is 4.80. The molecule has 0 radical (unpaired) electrons. The SMILES string of the molecule is Cc1c(CN)nc2sc3c(c2c1-c1ccccc1)CCN(C)C3. The first-order valence-corrected chi connectivity index (χ1v) is 8.88. The molecule has 3 aromatic rings. The van der Waals surface area contributed by atoms with Crippen LogP contribution in [0, 0.1) is 6.92 Å². The Kier molecular flexibility index (Phi) is 3.68.